The molecule has 1 saturated heterocycles. The number of hydrogen-bond acceptors (Lipinski definition) is 6. The van der Waals surface area contributed by atoms with E-state index in [1.54, 1.807) is 10.4 Å². The van der Waals surface area contributed by atoms with E-state index in [0.717, 1.165) is 38.5 Å². The molecule has 2 aliphatic rings. The van der Waals surface area contributed by atoms with Crippen molar-refractivity contribution in [3.8, 4) is 0 Å². The maximum absolute atomic E-state index is 13.5. The summed E-state index contributed by atoms with van der Waals surface area (Å²) in [5.74, 6) is -1.24. The van der Waals surface area contributed by atoms with Gasteiger partial charge in [-0.15, -0.1) is 0 Å². The molecular weight excluding hydrogens is 386 g/mol. The highest BCUT2D eigenvalue weighted by Crippen LogP contribution is 2.48. The van der Waals surface area contributed by atoms with Gasteiger partial charge in [0.15, 0.2) is 5.82 Å². The van der Waals surface area contributed by atoms with Crippen LogP contribution < -0.4 is 10.8 Å². The second-order valence-electron chi connectivity index (χ2n) is 8.55. The van der Waals surface area contributed by atoms with Gasteiger partial charge in [0.2, 0.25) is 17.7 Å². The number of nitrogens with one attached hydrogen (secondary N) is 2. The SMILES string of the molecule is CCCCC(CC(=O)NO)C(=O)N1CC2(CCCC2)C[C@H]1C(=O)Nc1cnccn1. The van der Waals surface area contributed by atoms with Crippen LogP contribution in [0.15, 0.2) is 18.6 Å². The number of hydroxylamine groups is 1. The normalized spacial score (nSPS) is 20.9. The first-order valence-corrected chi connectivity index (χ1v) is 10.8. The van der Waals surface area contributed by atoms with E-state index in [2.05, 4.69) is 15.3 Å². The van der Waals surface area contributed by atoms with Crippen molar-refractivity contribution in [3.63, 3.8) is 0 Å². The molecule has 1 aromatic heterocycles. The second kappa shape index (κ2) is 9.97. The standard InChI is InChI=1S/C21H31N5O4/c1-2-3-6-15(11-18(27)25-30)20(29)26-14-21(7-4-5-8-21)12-16(26)19(28)24-17-13-22-9-10-23-17/h9-10,13,15-16,30H,2-8,11-12,14H2,1H3,(H,25,27)(H,23,24,28)/t15?,16-/m0/s1. The van der Waals surface area contributed by atoms with E-state index in [0.29, 0.717) is 25.2 Å². The lowest BCUT2D eigenvalue weighted by molar-refractivity contribution is -0.143. The number of carbonyl (C=O) groups is 3. The van der Waals surface area contributed by atoms with Crippen molar-refractivity contribution in [1.82, 2.24) is 20.3 Å². The molecule has 2 atom stereocenters. The van der Waals surface area contributed by atoms with Crippen molar-refractivity contribution in [2.45, 2.75) is 70.8 Å². The molecule has 0 radical (unpaired) electrons. The van der Waals surface area contributed by atoms with Crippen molar-refractivity contribution >= 4 is 23.5 Å². The number of aromatic nitrogens is 2. The molecule has 1 aliphatic heterocycles. The number of rotatable bonds is 8. The minimum Gasteiger partial charge on any atom is -0.330 e. The van der Waals surface area contributed by atoms with Gasteiger partial charge in [0, 0.05) is 31.3 Å². The van der Waals surface area contributed by atoms with E-state index in [-0.39, 0.29) is 23.7 Å². The van der Waals surface area contributed by atoms with E-state index < -0.39 is 17.9 Å². The molecular formula is C21H31N5O4. The van der Waals surface area contributed by atoms with Crippen molar-refractivity contribution in [2.24, 2.45) is 11.3 Å². The predicted molar refractivity (Wildman–Crippen MR) is 109 cm³/mol. The van der Waals surface area contributed by atoms with Gasteiger partial charge in [-0.1, -0.05) is 32.6 Å². The largest absolute Gasteiger partial charge is 0.330 e. The van der Waals surface area contributed by atoms with E-state index >= 15 is 0 Å². The summed E-state index contributed by atoms with van der Waals surface area (Å²) in [5, 5.41) is 11.7. The van der Waals surface area contributed by atoms with Crippen LogP contribution in [0.5, 0.6) is 0 Å². The number of hydrogen-bond donors (Lipinski definition) is 3. The Kier molecular flexibility index (Phi) is 7.36. The fraction of sp³-hybridized carbons (Fsp3) is 0.667. The zero-order valence-electron chi connectivity index (χ0n) is 17.5. The zero-order valence-corrected chi connectivity index (χ0v) is 17.5. The molecule has 0 aromatic carbocycles. The lowest BCUT2D eigenvalue weighted by Crippen LogP contribution is -2.46. The number of anilines is 1. The fourth-order valence-corrected chi connectivity index (χ4v) is 4.85. The Bertz CT molecular complexity index is 751. The number of nitrogens with zero attached hydrogens (tertiary/aromatic N) is 3. The van der Waals surface area contributed by atoms with Crippen LogP contribution in [0.3, 0.4) is 0 Å². The number of unbranched alkanes of at least 4 members (excludes halogenated alkanes) is 1. The van der Waals surface area contributed by atoms with Crippen molar-refractivity contribution < 1.29 is 19.6 Å². The second-order valence-corrected chi connectivity index (χ2v) is 8.55. The van der Waals surface area contributed by atoms with Crippen LogP contribution >= 0.6 is 0 Å². The molecule has 9 heteroatoms. The quantitative estimate of drug-likeness (QED) is 0.440. The molecule has 1 saturated carbocycles. The van der Waals surface area contributed by atoms with E-state index in [4.69, 9.17) is 5.21 Å². The average molecular weight is 418 g/mol. The van der Waals surface area contributed by atoms with Gasteiger partial charge in [0.1, 0.15) is 6.04 Å². The molecule has 3 rings (SSSR count). The number of likely N-dealkylation sites (tertiary alicyclic amines) is 1. The van der Waals surface area contributed by atoms with Crippen LogP contribution in [0.2, 0.25) is 0 Å². The summed E-state index contributed by atoms with van der Waals surface area (Å²) >= 11 is 0. The topological polar surface area (TPSA) is 125 Å². The average Bonchev–Trinajstić information content (AvgIpc) is 3.38. The number of amides is 3. The minimum absolute atomic E-state index is 0.0332. The summed E-state index contributed by atoms with van der Waals surface area (Å²) < 4.78 is 0. The maximum atomic E-state index is 13.5. The molecule has 9 nitrogen and oxygen atoms in total. The molecule has 3 N–H and O–H groups in total. The third-order valence-electron chi connectivity index (χ3n) is 6.38. The lowest BCUT2D eigenvalue weighted by atomic mass is 9.84. The lowest BCUT2D eigenvalue weighted by Gasteiger charge is -2.28. The molecule has 1 unspecified atom stereocenters. The molecule has 1 spiro atoms. The summed E-state index contributed by atoms with van der Waals surface area (Å²) in [4.78, 5) is 48.1. The van der Waals surface area contributed by atoms with Gasteiger partial charge in [-0.25, -0.2) is 10.5 Å². The first kappa shape index (κ1) is 22.1. The van der Waals surface area contributed by atoms with Crippen LogP contribution in [0.25, 0.3) is 0 Å². The molecule has 2 heterocycles. The Morgan fingerprint density at radius 1 is 1.30 bits per heavy atom. The molecule has 3 amide bonds. The fourth-order valence-electron chi connectivity index (χ4n) is 4.85. The van der Waals surface area contributed by atoms with Crippen molar-refractivity contribution in [2.75, 3.05) is 11.9 Å². The summed E-state index contributed by atoms with van der Waals surface area (Å²) in [6, 6.07) is -0.598. The van der Waals surface area contributed by atoms with Crippen molar-refractivity contribution in [1.29, 1.82) is 0 Å². The summed E-state index contributed by atoms with van der Waals surface area (Å²) in [6.07, 6.45) is 11.5. The van der Waals surface area contributed by atoms with Crippen LogP contribution in [-0.4, -0.2) is 50.4 Å². The van der Waals surface area contributed by atoms with Gasteiger partial charge in [0.25, 0.3) is 0 Å². The Hall–Kier alpha value is -2.55. The Morgan fingerprint density at radius 3 is 2.70 bits per heavy atom. The monoisotopic (exact) mass is 417 g/mol. The van der Waals surface area contributed by atoms with Crippen LogP contribution in [0.4, 0.5) is 5.82 Å². The summed E-state index contributed by atoms with van der Waals surface area (Å²) in [6.45, 7) is 2.56. The first-order valence-electron chi connectivity index (χ1n) is 10.8. The van der Waals surface area contributed by atoms with Gasteiger partial charge in [-0.3, -0.25) is 24.6 Å². The van der Waals surface area contributed by atoms with E-state index in [9.17, 15) is 14.4 Å². The summed E-state index contributed by atoms with van der Waals surface area (Å²) in [5.41, 5.74) is 1.60. The number of carbonyl (C=O) groups excluding carboxylic acids is 3. The van der Waals surface area contributed by atoms with Gasteiger partial charge in [-0.2, -0.15) is 0 Å². The Morgan fingerprint density at radius 2 is 2.07 bits per heavy atom. The first-order chi connectivity index (χ1) is 14.5. The van der Waals surface area contributed by atoms with Crippen LogP contribution in [0.1, 0.15) is 64.7 Å². The molecule has 164 valence electrons. The van der Waals surface area contributed by atoms with Gasteiger partial charge < -0.3 is 10.2 Å². The van der Waals surface area contributed by atoms with Crippen molar-refractivity contribution in [3.05, 3.63) is 18.6 Å². The zero-order chi connectivity index (χ0) is 21.6. The van der Waals surface area contributed by atoms with Crippen LogP contribution in [0, 0.1) is 11.3 Å². The maximum Gasteiger partial charge on any atom is 0.248 e. The highest BCUT2D eigenvalue weighted by Gasteiger charge is 2.50. The molecule has 2 fully saturated rings. The molecule has 1 aromatic rings. The molecule has 30 heavy (non-hydrogen) atoms. The van der Waals surface area contributed by atoms with E-state index in [1.165, 1.54) is 18.6 Å². The Labute approximate surface area is 176 Å². The third-order valence-corrected chi connectivity index (χ3v) is 6.38. The third kappa shape index (κ3) is 5.13. The highest BCUT2D eigenvalue weighted by atomic mass is 16.5. The minimum atomic E-state index is -0.598. The van der Waals surface area contributed by atoms with Gasteiger partial charge in [-0.05, 0) is 31.1 Å². The van der Waals surface area contributed by atoms with Gasteiger partial charge >= 0.3 is 0 Å². The predicted octanol–water partition coefficient (Wildman–Crippen LogP) is 2.28. The summed E-state index contributed by atoms with van der Waals surface area (Å²) in [7, 11) is 0. The van der Waals surface area contributed by atoms with Gasteiger partial charge in [0.05, 0.1) is 6.20 Å². The van der Waals surface area contributed by atoms with E-state index in [1.807, 2.05) is 6.92 Å². The highest BCUT2D eigenvalue weighted by molar-refractivity contribution is 5.97. The Balaban J connectivity index is 1.80. The molecule has 1 aliphatic carbocycles. The smallest absolute Gasteiger partial charge is 0.248 e. The van der Waals surface area contributed by atoms with Crippen LogP contribution in [-0.2, 0) is 14.4 Å². The molecule has 0 bridgehead atoms.